The zero-order valence-electron chi connectivity index (χ0n) is 16.6. The average Bonchev–Trinajstić information content (AvgIpc) is 3.17. The van der Waals surface area contributed by atoms with Crippen molar-refractivity contribution >= 4 is 16.9 Å². The number of ether oxygens (including phenoxy) is 1. The minimum absolute atomic E-state index is 0.0454. The molecule has 0 aliphatic rings. The number of benzene rings is 3. The summed E-state index contributed by atoms with van der Waals surface area (Å²) in [7, 11) is 0. The SMILES string of the molecule is CCOC(=O)CC(c1ccccc1)c1c[nH]c2ccc(Cc3ccccc3)cc12. The molecular formula is C26H25NO2. The maximum Gasteiger partial charge on any atom is 0.306 e. The van der Waals surface area contributed by atoms with Crippen LogP contribution in [0.2, 0.25) is 0 Å². The van der Waals surface area contributed by atoms with E-state index in [9.17, 15) is 4.79 Å². The first-order valence-corrected chi connectivity index (χ1v) is 10.1. The highest BCUT2D eigenvalue weighted by atomic mass is 16.5. The number of nitrogens with one attached hydrogen (secondary N) is 1. The second-order valence-corrected chi connectivity index (χ2v) is 7.26. The van der Waals surface area contributed by atoms with Gasteiger partial charge in [-0.15, -0.1) is 0 Å². The Labute approximate surface area is 171 Å². The van der Waals surface area contributed by atoms with E-state index < -0.39 is 0 Å². The number of H-pyrrole nitrogens is 1. The van der Waals surface area contributed by atoms with E-state index in [4.69, 9.17) is 4.74 Å². The fourth-order valence-electron chi connectivity index (χ4n) is 3.90. The fraction of sp³-hybridized carbons (Fsp3) is 0.192. The lowest BCUT2D eigenvalue weighted by Crippen LogP contribution is -2.11. The van der Waals surface area contributed by atoms with Crippen LogP contribution < -0.4 is 0 Å². The monoisotopic (exact) mass is 383 g/mol. The number of aromatic amines is 1. The summed E-state index contributed by atoms with van der Waals surface area (Å²) in [4.78, 5) is 15.7. The van der Waals surface area contributed by atoms with Crippen LogP contribution in [0.3, 0.4) is 0 Å². The van der Waals surface area contributed by atoms with E-state index in [1.54, 1.807) is 0 Å². The molecule has 1 unspecified atom stereocenters. The van der Waals surface area contributed by atoms with Gasteiger partial charge < -0.3 is 9.72 Å². The lowest BCUT2D eigenvalue weighted by atomic mass is 9.88. The first kappa shape index (κ1) is 19.0. The van der Waals surface area contributed by atoms with Gasteiger partial charge in [0.2, 0.25) is 0 Å². The van der Waals surface area contributed by atoms with Gasteiger partial charge in [-0.1, -0.05) is 66.7 Å². The van der Waals surface area contributed by atoms with E-state index in [0.29, 0.717) is 13.0 Å². The summed E-state index contributed by atoms with van der Waals surface area (Å²) in [5.41, 5.74) is 5.88. The lowest BCUT2D eigenvalue weighted by molar-refractivity contribution is -0.143. The molecule has 4 aromatic rings. The summed E-state index contributed by atoms with van der Waals surface area (Å²) in [6.07, 6.45) is 3.25. The van der Waals surface area contributed by atoms with Gasteiger partial charge in [0.25, 0.3) is 0 Å². The second-order valence-electron chi connectivity index (χ2n) is 7.26. The minimum atomic E-state index is -0.170. The normalized spacial score (nSPS) is 12.0. The van der Waals surface area contributed by atoms with Crippen LogP contribution in [0.5, 0.6) is 0 Å². The molecule has 0 aliphatic carbocycles. The standard InChI is InChI=1S/C26H25NO2/c1-2-29-26(28)17-22(21-11-7-4-8-12-21)24-18-27-25-14-13-20(16-23(24)25)15-19-9-5-3-6-10-19/h3-14,16,18,22,27H,2,15,17H2,1H3. The summed E-state index contributed by atoms with van der Waals surface area (Å²) in [6, 6.07) is 27.2. The molecule has 1 N–H and O–H groups in total. The lowest BCUT2D eigenvalue weighted by Gasteiger charge is -2.17. The molecular weight excluding hydrogens is 358 g/mol. The van der Waals surface area contributed by atoms with Gasteiger partial charge in [0, 0.05) is 23.0 Å². The molecule has 1 atom stereocenters. The first-order valence-electron chi connectivity index (χ1n) is 10.1. The van der Waals surface area contributed by atoms with Crippen LogP contribution >= 0.6 is 0 Å². The molecule has 0 radical (unpaired) electrons. The van der Waals surface area contributed by atoms with Crippen molar-refractivity contribution in [1.29, 1.82) is 0 Å². The van der Waals surface area contributed by atoms with Crippen molar-refractivity contribution in [2.75, 3.05) is 6.61 Å². The van der Waals surface area contributed by atoms with Gasteiger partial charge in [-0.25, -0.2) is 0 Å². The average molecular weight is 383 g/mol. The molecule has 1 aromatic heterocycles. The number of carbonyl (C=O) groups is 1. The van der Waals surface area contributed by atoms with E-state index >= 15 is 0 Å². The Morgan fingerprint density at radius 3 is 2.38 bits per heavy atom. The third kappa shape index (κ3) is 4.40. The van der Waals surface area contributed by atoms with Crippen LogP contribution in [0.1, 0.15) is 41.5 Å². The summed E-state index contributed by atoms with van der Waals surface area (Å²) in [6.45, 7) is 2.24. The summed E-state index contributed by atoms with van der Waals surface area (Å²) in [5, 5.41) is 1.16. The molecule has 0 amide bonds. The van der Waals surface area contributed by atoms with Gasteiger partial charge in [0.05, 0.1) is 13.0 Å². The predicted octanol–water partition coefficient (Wildman–Crippen LogP) is 5.84. The molecule has 146 valence electrons. The number of fused-ring (bicyclic) bond motifs is 1. The fourth-order valence-corrected chi connectivity index (χ4v) is 3.90. The highest BCUT2D eigenvalue weighted by molar-refractivity contribution is 5.86. The Kier molecular flexibility index (Phi) is 5.76. The van der Waals surface area contributed by atoms with E-state index in [0.717, 1.165) is 28.5 Å². The Hall–Kier alpha value is -3.33. The zero-order valence-corrected chi connectivity index (χ0v) is 16.6. The van der Waals surface area contributed by atoms with Crippen LogP contribution in [0.15, 0.2) is 85.1 Å². The van der Waals surface area contributed by atoms with E-state index in [1.807, 2.05) is 37.4 Å². The molecule has 0 aliphatic heterocycles. The van der Waals surface area contributed by atoms with E-state index in [-0.39, 0.29) is 11.9 Å². The Bertz CT molecular complexity index is 1080. The molecule has 3 aromatic carbocycles. The maximum atomic E-state index is 12.3. The van der Waals surface area contributed by atoms with Gasteiger partial charge in [-0.2, -0.15) is 0 Å². The van der Waals surface area contributed by atoms with Gasteiger partial charge in [0.1, 0.15) is 0 Å². The second kappa shape index (κ2) is 8.78. The predicted molar refractivity (Wildman–Crippen MR) is 117 cm³/mol. The molecule has 4 rings (SSSR count). The summed E-state index contributed by atoms with van der Waals surface area (Å²) >= 11 is 0. The number of hydrogen-bond donors (Lipinski definition) is 1. The van der Waals surface area contributed by atoms with Crippen molar-refractivity contribution in [1.82, 2.24) is 4.98 Å². The molecule has 3 heteroatoms. The maximum absolute atomic E-state index is 12.3. The van der Waals surface area contributed by atoms with Crippen LogP contribution in [0, 0.1) is 0 Å². The third-order valence-corrected chi connectivity index (χ3v) is 5.28. The zero-order chi connectivity index (χ0) is 20.1. The van der Waals surface area contributed by atoms with E-state index in [2.05, 4.69) is 59.6 Å². The number of hydrogen-bond acceptors (Lipinski definition) is 2. The molecule has 0 fully saturated rings. The van der Waals surface area contributed by atoms with E-state index in [1.165, 1.54) is 11.1 Å². The van der Waals surface area contributed by atoms with Gasteiger partial charge in [-0.05, 0) is 47.7 Å². The smallest absolute Gasteiger partial charge is 0.306 e. The summed E-state index contributed by atoms with van der Waals surface area (Å²) < 4.78 is 5.26. The third-order valence-electron chi connectivity index (χ3n) is 5.28. The van der Waals surface area contributed by atoms with Gasteiger partial charge in [0.15, 0.2) is 0 Å². The number of rotatable bonds is 7. The molecule has 3 nitrogen and oxygen atoms in total. The Morgan fingerprint density at radius 1 is 0.931 bits per heavy atom. The quantitative estimate of drug-likeness (QED) is 0.407. The van der Waals surface area contributed by atoms with Crippen molar-refractivity contribution in [2.24, 2.45) is 0 Å². The number of aromatic nitrogens is 1. The molecule has 1 heterocycles. The van der Waals surface area contributed by atoms with Crippen LogP contribution in [-0.2, 0) is 16.0 Å². The van der Waals surface area contributed by atoms with Crippen molar-refractivity contribution < 1.29 is 9.53 Å². The van der Waals surface area contributed by atoms with Crippen LogP contribution in [0.4, 0.5) is 0 Å². The largest absolute Gasteiger partial charge is 0.466 e. The first-order chi connectivity index (χ1) is 14.2. The van der Waals surface area contributed by atoms with Crippen LogP contribution in [0.25, 0.3) is 10.9 Å². The van der Waals surface area contributed by atoms with Crippen molar-refractivity contribution in [3.63, 3.8) is 0 Å². The Balaban J connectivity index is 1.72. The minimum Gasteiger partial charge on any atom is -0.466 e. The summed E-state index contributed by atoms with van der Waals surface area (Å²) in [5.74, 6) is -0.216. The molecule has 0 saturated heterocycles. The Morgan fingerprint density at radius 2 is 1.66 bits per heavy atom. The van der Waals surface area contributed by atoms with Gasteiger partial charge in [-0.3, -0.25) is 4.79 Å². The van der Waals surface area contributed by atoms with Crippen LogP contribution in [-0.4, -0.2) is 17.6 Å². The number of esters is 1. The highest BCUT2D eigenvalue weighted by Crippen LogP contribution is 2.34. The van der Waals surface area contributed by atoms with Crippen molar-refractivity contribution in [3.8, 4) is 0 Å². The number of carbonyl (C=O) groups excluding carboxylic acids is 1. The molecule has 29 heavy (non-hydrogen) atoms. The topological polar surface area (TPSA) is 42.1 Å². The molecule has 0 bridgehead atoms. The molecule has 0 spiro atoms. The van der Waals surface area contributed by atoms with Gasteiger partial charge >= 0.3 is 5.97 Å². The molecule has 0 saturated carbocycles. The van der Waals surface area contributed by atoms with Crippen molar-refractivity contribution in [2.45, 2.75) is 25.7 Å². The highest BCUT2D eigenvalue weighted by Gasteiger charge is 2.22. The van der Waals surface area contributed by atoms with Crippen molar-refractivity contribution in [3.05, 3.63) is 107 Å².